The summed E-state index contributed by atoms with van der Waals surface area (Å²) in [5.74, 6) is 0.731. The van der Waals surface area contributed by atoms with Crippen LogP contribution in [0.4, 0.5) is 0 Å². The molecule has 0 bridgehead atoms. The molecule has 2 atom stereocenters. The molecule has 0 unspecified atom stereocenters. The topological polar surface area (TPSA) is 77.3 Å². The molecular formula is C19H22N4O3S. The van der Waals surface area contributed by atoms with E-state index in [2.05, 4.69) is 9.97 Å². The maximum absolute atomic E-state index is 12.4. The number of aromatic nitrogens is 3. The monoisotopic (exact) mass is 386 g/mol. The van der Waals surface area contributed by atoms with E-state index >= 15 is 0 Å². The van der Waals surface area contributed by atoms with E-state index in [-0.39, 0.29) is 17.7 Å². The number of fused-ring (bicyclic) bond motifs is 1. The lowest BCUT2D eigenvalue weighted by molar-refractivity contribution is 0.182. The number of nitrogens with zero attached hydrogens (tertiary/aromatic N) is 4. The summed E-state index contributed by atoms with van der Waals surface area (Å²) in [6, 6.07) is 9.80. The fourth-order valence-electron chi connectivity index (χ4n) is 3.56. The van der Waals surface area contributed by atoms with Crippen molar-refractivity contribution in [1.29, 1.82) is 0 Å². The normalized spacial score (nSPS) is 20.6. The molecular weight excluding hydrogens is 364 g/mol. The van der Waals surface area contributed by atoms with Gasteiger partial charge >= 0.3 is 0 Å². The molecule has 2 aromatic heterocycles. The standard InChI is InChI=1S/C19H22N4O3S/c1-22(2)27(24,25)13-14-11-26-12-18(14)23-10-9-21-19(23)16-5-3-7-17-15(16)6-4-8-20-17/h3-10,14,18H,11-13H2,1-2H3/t14-,18-/m1/s1. The lowest BCUT2D eigenvalue weighted by atomic mass is 10.0. The molecule has 0 spiro atoms. The van der Waals surface area contributed by atoms with Gasteiger partial charge < -0.3 is 9.30 Å². The molecule has 4 rings (SSSR count). The zero-order valence-electron chi connectivity index (χ0n) is 15.3. The van der Waals surface area contributed by atoms with Gasteiger partial charge in [0.05, 0.1) is 30.5 Å². The highest BCUT2D eigenvalue weighted by molar-refractivity contribution is 7.89. The summed E-state index contributed by atoms with van der Waals surface area (Å²) in [6.07, 6.45) is 5.42. The molecule has 0 radical (unpaired) electrons. The molecule has 8 heteroatoms. The van der Waals surface area contributed by atoms with E-state index in [1.165, 1.54) is 4.31 Å². The van der Waals surface area contributed by atoms with Gasteiger partial charge in [-0.25, -0.2) is 17.7 Å². The Morgan fingerprint density at radius 2 is 2.00 bits per heavy atom. The fourth-order valence-corrected chi connectivity index (χ4v) is 4.72. The molecule has 7 nitrogen and oxygen atoms in total. The lowest BCUT2D eigenvalue weighted by Gasteiger charge is -2.23. The summed E-state index contributed by atoms with van der Waals surface area (Å²) in [5, 5.41) is 1.02. The molecule has 1 saturated heterocycles. The minimum atomic E-state index is -3.31. The van der Waals surface area contributed by atoms with E-state index in [4.69, 9.17) is 4.74 Å². The molecule has 0 amide bonds. The van der Waals surface area contributed by atoms with Crippen molar-refractivity contribution < 1.29 is 13.2 Å². The van der Waals surface area contributed by atoms with Crippen LogP contribution in [0.2, 0.25) is 0 Å². The first-order valence-electron chi connectivity index (χ1n) is 8.82. The summed E-state index contributed by atoms with van der Waals surface area (Å²) in [5.41, 5.74) is 1.88. The van der Waals surface area contributed by atoms with Gasteiger partial charge in [0.1, 0.15) is 5.82 Å². The summed E-state index contributed by atoms with van der Waals surface area (Å²) >= 11 is 0. The number of pyridine rings is 1. The van der Waals surface area contributed by atoms with E-state index in [9.17, 15) is 8.42 Å². The minimum absolute atomic E-state index is 0.0549. The van der Waals surface area contributed by atoms with Gasteiger partial charge in [0.25, 0.3) is 0 Å². The second-order valence-corrected chi connectivity index (χ2v) is 9.19. The van der Waals surface area contributed by atoms with Crippen LogP contribution in [-0.4, -0.2) is 60.3 Å². The van der Waals surface area contributed by atoms with Crippen LogP contribution in [-0.2, 0) is 14.8 Å². The highest BCUT2D eigenvalue weighted by atomic mass is 32.2. The first-order valence-corrected chi connectivity index (χ1v) is 10.4. The number of ether oxygens (including phenoxy) is 1. The molecule has 1 aliphatic heterocycles. The maximum atomic E-state index is 12.4. The average Bonchev–Trinajstić information content (AvgIpc) is 3.29. The Morgan fingerprint density at radius 1 is 1.15 bits per heavy atom. The molecule has 1 fully saturated rings. The summed E-state index contributed by atoms with van der Waals surface area (Å²) in [6.45, 7) is 0.895. The third-order valence-electron chi connectivity index (χ3n) is 5.06. The SMILES string of the molecule is CN(C)S(=O)(=O)C[C@H]1COC[C@H]1n1ccnc1-c1cccc2ncccc12. The first kappa shape index (κ1) is 18.1. The second kappa shape index (κ2) is 7.03. The first-order chi connectivity index (χ1) is 13.0. The third kappa shape index (κ3) is 3.36. The maximum Gasteiger partial charge on any atom is 0.214 e. The largest absolute Gasteiger partial charge is 0.379 e. The van der Waals surface area contributed by atoms with Crippen molar-refractivity contribution in [2.45, 2.75) is 6.04 Å². The van der Waals surface area contributed by atoms with E-state index < -0.39 is 10.0 Å². The van der Waals surface area contributed by atoms with Crippen molar-refractivity contribution in [3.63, 3.8) is 0 Å². The van der Waals surface area contributed by atoms with Crippen molar-refractivity contribution in [2.75, 3.05) is 33.1 Å². The van der Waals surface area contributed by atoms with Crippen LogP contribution >= 0.6 is 0 Å². The Bertz CT molecular complexity index is 1060. The third-order valence-corrected chi connectivity index (χ3v) is 7.02. The highest BCUT2D eigenvalue weighted by Gasteiger charge is 2.35. The fraction of sp³-hybridized carbons (Fsp3) is 0.368. The smallest absolute Gasteiger partial charge is 0.214 e. The molecule has 3 heterocycles. The second-order valence-electron chi connectivity index (χ2n) is 6.96. The van der Waals surface area contributed by atoms with Gasteiger partial charge in [0, 0.05) is 49.6 Å². The molecule has 1 aliphatic rings. The predicted octanol–water partition coefficient (Wildman–Crippen LogP) is 2.18. The number of hydrogen-bond donors (Lipinski definition) is 0. The van der Waals surface area contributed by atoms with Crippen molar-refractivity contribution in [3.05, 3.63) is 48.9 Å². The van der Waals surface area contributed by atoms with E-state index in [1.807, 2.05) is 41.1 Å². The molecule has 0 saturated carbocycles. The van der Waals surface area contributed by atoms with E-state index in [0.717, 1.165) is 22.3 Å². The molecule has 0 N–H and O–H groups in total. The Labute approximate surface area is 158 Å². The number of hydrogen-bond acceptors (Lipinski definition) is 5. The zero-order chi connectivity index (χ0) is 19.0. The summed E-state index contributed by atoms with van der Waals surface area (Å²) < 4.78 is 33.7. The molecule has 142 valence electrons. The molecule has 1 aromatic carbocycles. The van der Waals surface area contributed by atoms with E-state index in [0.29, 0.717) is 13.2 Å². The Hall–Kier alpha value is -2.29. The van der Waals surface area contributed by atoms with Crippen molar-refractivity contribution in [3.8, 4) is 11.4 Å². The molecule has 0 aliphatic carbocycles. The van der Waals surface area contributed by atoms with Crippen LogP contribution < -0.4 is 0 Å². The summed E-state index contributed by atoms with van der Waals surface area (Å²) in [4.78, 5) is 8.98. The minimum Gasteiger partial charge on any atom is -0.379 e. The van der Waals surface area contributed by atoms with Gasteiger partial charge in [0.15, 0.2) is 0 Å². The van der Waals surface area contributed by atoms with Crippen LogP contribution in [0.5, 0.6) is 0 Å². The number of benzene rings is 1. The van der Waals surface area contributed by atoms with Crippen LogP contribution in [0, 0.1) is 5.92 Å². The quantitative estimate of drug-likeness (QED) is 0.672. The molecule has 3 aromatic rings. The average molecular weight is 386 g/mol. The van der Waals surface area contributed by atoms with Crippen molar-refractivity contribution in [1.82, 2.24) is 18.8 Å². The van der Waals surface area contributed by atoms with Crippen molar-refractivity contribution >= 4 is 20.9 Å². The highest BCUT2D eigenvalue weighted by Crippen LogP contribution is 2.33. The van der Waals surface area contributed by atoms with Crippen LogP contribution in [0.15, 0.2) is 48.9 Å². The van der Waals surface area contributed by atoms with Gasteiger partial charge in [0.2, 0.25) is 10.0 Å². The van der Waals surface area contributed by atoms with Crippen LogP contribution in [0.1, 0.15) is 6.04 Å². The Kier molecular flexibility index (Phi) is 4.71. The number of rotatable bonds is 5. The number of sulfonamides is 1. The van der Waals surface area contributed by atoms with Gasteiger partial charge in [-0.05, 0) is 12.1 Å². The molecule has 27 heavy (non-hydrogen) atoms. The lowest BCUT2D eigenvalue weighted by Crippen LogP contribution is -2.32. The predicted molar refractivity (Wildman–Crippen MR) is 104 cm³/mol. The zero-order valence-corrected chi connectivity index (χ0v) is 16.1. The summed E-state index contributed by atoms with van der Waals surface area (Å²) in [7, 11) is -0.185. The Balaban J connectivity index is 1.73. The van der Waals surface area contributed by atoms with Gasteiger partial charge in [-0.15, -0.1) is 0 Å². The van der Waals surface area contributed by atoms with Crippen molar-refractivity contribution in [2.24, 2.45) is 5.92 Å². The number of imidazole rings is 1. The van der Waals surface area contributed by atoms with Crippen LogP contribution in [0.3, 0.4) is 0 Å². The van der Waals surface area contributed by atoms with E-state index in [1.54, 1.807) is 26.5 Å². The van der Waals surface area contributed by atoms with Gasteiger partial charge in [-0.3, -0.25) is 4.98 Å². The Morgan fingerprint density at radius 3 is 2.81 bits per heavy atom. The van der Waals surface area contributed by atoms with Crippen LogP contribution in [0.25, 0.3) is 22.3 Å². The van der Waals surface area contributed by atoms with Gasteiger partial charge in [-0.1, -0.05) is 18.2 Å². The van der Waals surface area contributed by atoms with Gasteiger partial charge in [-0.2, -0.15) is 0 Å².